The van der Waals surface area contributed by atoms with Crippen LogP contribution in [0.25, 0.3) is 5.69 Å². The number of benzene rings is 1. The number of hydrogen-bond acceptors (Lipinski definition) is 9. The van der Waals surface area contributed by atoms with Crippen molar-refractivity contribution < 1.29 is 23.1 Å². The SMILES string of the molecule is BC(B)(Oc1cc(F)c(Nc2ncc(F)c(NF)n2)cc1-n1nnn(C)c1=O)C(C)(C)O. The minimum absolute atomic E-state index is 0.0183. The number of ether oxygens (including phenoxy) is 1. The Balaban J connectivity index is 2.13. The van der Waals surface area contributed by atoms with Gasteiger partial charge in [0.15, 0.2) is 33.1 Å². The van der Waals surface area contributed by atoms with E-state index in [0.29, 0.717) is 6.20 Å². The van der Waals surface area contributed by atoms with Crippen LogP contribution in [0.4, 0.5) is 30.7 Å². The van der Waals surface area contributed by atoms with E-state index in [1.165, 1.54) is 20.9 Å². The molecule has 2 aromatic heterocycles. The van der Waals surface area contributed by atoms with Crippen molar-refractivity contribution in [2.24, 2.45) is 7.05 Å². The Morgan fingerprint density at radius 1 is 1.19 bits per heavy atom. The molecule has 0 bridgehead atoms. The molecule has 1 aromatic carbocycles. The molecule has 0 amide bonds. The van der Waals surface area contributed by atoms with Gasteiger partial charge in [0.2, 0.25) is 5.95 Å². The van der Waals surface area contributed by atoms with E-state index in [-0.39, 0.29) is 23.1 Å². The molecule has 3 aromatic rings. The smallest absolute Gasteiger partial charge is 0.368 e. The van der Waals surface area contributed by atoms with Gasteiger partial charge in [0, 0.05) is 13.1 Å². The number of nitrogens with zero attached hydrogens (tertiary/aromatic N) is 6. The van der Waals surface area contributed by atoms with Crippen LogP contribution in [0, 0.1) is 11.6 Å². The lowest BCUT2D eigenvalue weighted by molar-refractivity contribution is -0.0170. The van der Waals surface area contributed by atoms with Crippen LogP contribution in [0.5, 0.6) is 5.75 Å². The predicted octanol–water partition coefficient (Wildman–Crippen LogP) is -0.856. The molecule has 0 atom stereocenters. The first-order chi connectivity index (χ1) is 14.8. The lowest BCUT2D eigenvalue weighted by atomic mass is 9.56. The van der Waals surface area contributed by atoms with Crippen molar-refractivity contribution in [3.63, 3.8) is 0 Å². The molecule has 3 rings (SSSR count). The molecule has 0 saturated carbocycles. The molecule has 0 fully saturated rings. The normalized spacial score (nSPS) is 12.0. The fourth-order valence-electron chi connectivity index (χ4n) is 2.37. The quantitative estimate of drug-likeness (QED) is 0.311. The van der Waals surface area contributed by atoms with E-state index in [1.807, 2.05) is 0 Å². The lowest BCUT2D eigenvalue weighted by Crippen LogP contribution is -2.56. The fourth-order valence-corrected chi connectivity index (χ4v) is 2.37. The fraction of sp³-hybridized carbons (Fsp3) is 0.312. The van der Waals surface area contributed by atoms with Crippen molar-refractivity contribution in [1.82, 2.24) is 29.8 Å². The molecule has 2 heterocycles. The number of aromatic nitrogens is 6. The predicted molar refractivity (Wildman–Crippen MR) is 113 cm³/mol. The highest BCUT2D eigenvalue weighted by Gasteiger charge is 2.38. The van der Waals surface area contributed by atoms with E-state index in [9.17, 15) is 23.2 Å². The summed E-state index contributed by atoms with van der Waals surface area (Å²) in [5, 5.41) is 19.0. The van der Waals surface area contributed by atoms with E-state index in [1.54, 1.807) is 15.7 Å². The van der Waals surface area contributed by atoms with Gasteiger partial charge in [0.1, 0.15) is 11.4 Å². The Morgan fingerprint density at radius 2 is 1.88 bits per heavy atom. The van der Waals surface area contributed by atoms with Crippen LogP contribution < -0.4 is 21.3 Å². The second-order valence-electron chi connectivity index (χ2n) is 7.88. The Labute approximate surface area is 181 Å². The molecule has 11 nitrogen and oxygen atoms in total. The Morgan fingerprint density at radius 3 is 2.44 bits per heavy atom. The van der Waals surface area contributed by atoms with E-state index in [0.717, 1.165) is 27.0 Å². The molecule has 0 spiro atoms. The summed E-state index contributed by atoms with van der Waals surface area (Å²) in [5.41, 5.74) is -1.21. The van der Waals surface area contributed by atoms with Gasteiger partial charge in [-0.2, -0.15) is 14.3 Å². The van der Waals surface area contributed by atoms with Crippen molar-refractivity contribution in [3.8, 4) is 11.4 Å². The van der Waals surface area contributed by atoms with Crippen molar-refractivity contribution in [2.45, 2.75) is 24.8 Å². The summed E-state index contributed by atoms with van der Waals surface area (Å²) in [7, 11) is 4.53. The number of rotatable bonds is 7. The van der Waals surface area contributed by atoms with Crippen LogP contribution in [0.15, 0.2) is 23.1 Å². The summed E-state index contributed by atoms with van der Waals surface area (Å²) in [5.74, 6) is -3.11. The van der Waals surface area contributed by atoms with Gasteiger partial charge in [-0.15, -0.1) is 4.48 Å². The zero-order valence-electron chi connectivity index (χ0n) is 17.8. The topological polar surface area (TPSA) is 132 Å². The standard InChI is InChI=1S/C16H19B2F3N8O3/c1-15(2,31)16(17,18)32-11-4-7(19)9(5-10(11)29-14(30)28(3)26-27-29)23-13-22-6-8(20)12(24-13)25-21/h4-6,31H,17-18H2,1-3H3,(H2,22,23,24,25). The molecule has 0 radical (unpaired) electrons. The van der Waals surface area contributed by atoms with E-state index >= 15 is 0 Å². The van der Waals surface area contributed by atoms with Crippen molar-refractivity contribution >= 4 is 33.1 Å². The first-order valence-electron chi connectivity index (χ1n) is 9.24. The van der Waals surface area contributed by atoms with Crippen molar-refractivity contribution in [2.75, 3.05) is 10.9 Å². The molecule has 0 unspecified atom stereocenters. The van der Waals surface area contributed by atoms with Gasteiger partial charge in [0.05, 0.1) is 22.9 Å². The van der Waals surface area contributed by atoms with Gasteiger partial charge in [-0.25, -0.2) is 24.1 Å². The number of halogens is 3. The van der Waals surface area contributed by atoms with E-state index < -0.39 is 34.1 Å². The van der Waals surface area contributed by atoms with Crippen LogP contribution in [-0.4, -0.2) is 61.6 Å². The van der Waals surface area contributed by atoms with Gasteiger partial charge in [0.25, 0.3) is 0 Å². The third kappa shape index (κ3) is 4.39. The summed E-state index contributed by atoms with van der Waals surface area (Å²) in [6.45, 7) is 3.02. The summed E-state index contributed by atoms with van der Waals surface area (Å²) < 4.78 is 48.6. The monoisotopic (exact) mass is 450 g/mol. The first-order valence-corrected chi connectivity index (χ1v) is 9.24. The second-order valence-corrected chi connectivity index (χ2v) is 7.88. The third-order valence-electron chi connectivity index (χ3n) is 4.92. The maximum atomic E-state index is 14.9. The third-order valence-corrected chi connectivity index (χ3v) is 4.92. The number of anilines is 3. The van der Waals surface area contributed by atoms with Gasteiger partial charge in [-0.3, -0.25) is 0 Å². The zero-order valence-corrected chi connectivity index (χ0v) is 17.8. The zero-order chi connectivity index (χ0) is 23.8. The number of aryl methyl sites for hydroxylation is 1. The van der Waals surface area contributed by atoms with Gasteiger partial charge < -0.3 is 15.2 Å². The van der Waals surface area contributed by atoms with Crippen LogP contribution in [0.1, 0.15) is 13.8 Å². The molecular weight excluding hydrogens is 431 g/mol. The molecule has 0 aliphatic heterocycles. The molecule has 168 valence electrons. The van der Waals surface area contributed by atoms with Crippen LogP contribution in [0.2, 0.25) is 0 Å². The number of aliphatic hydroxyl groups is 1. The first kappa shape index (κ1) is 23.1. The highest BCUT2D eigenvalue weighted by atomic mass is 19.2. The summed E-state index contributed by atoms with van der Waals surface area (Å²) in [6, 6.07) is 2.13. The van der Waals surface area contributed by atoms with Gasteiger partial charge in [-0.05, 0) is 30.3 Å². The van der Waals surface area contributed by atoms with Gasteiger partial charge in [-0.1, -0.05) is 0 Å². The average Bonchev–Trinajstić information content (AvgIpc) is 3.02. The van der Waals surface area contributed by atoms with Crippen molar-refractivity contribution in [3.05, 3.63) is 40.4 Å². The average molecular weight is 450 g/mol. The van der Waals surface area contributed by atoms with Crippen LogP contribution in [0.3, 0.4) is 0 Å². The van der Waals surface area contributed by atoms with Crippen LogP contribution >= 0.6 is 0 Å². The van der Waals surface area contributed by atoms with Crippen molar-refractivity contribution in [1.29, 1.82) is 0 Å². The Hall–Kier alpha value is -3.55. The van der Waals surface area contributed by atoms with Crippen LogP contribution in [-0.2, 0) is 7.05 Å². The number of nitrogens with one attached hydrogen (secondary N) is 2. The number of hydrogen-bond donors (Lipinski definition) is 3. The molecule has 3 N–H and O–H groups in total. The Kier molecular flexibility index (Phi) is 5.91. The highest BCUT2D eigenvalue weighted by Crippen LogP contribution is 2.33. The van der Waals surface area contributed by atoms with E-state index in [2.05, 4.69) is 25.7 Å². The number of tetrazole rings is 1. The summed E-state index contributed by atoms with van der Waals surface area (Å²) in [4.78, 5) is 19.6. The minimum Gasteiger partial charge on any atom is -0.500 e. The van der Waals surface area contributed by atoms with Gasteiger partial charge >= 0.3 is 5.69 Å². The maximum Gasteiger partial charge on any atom is 0.368 e. The molecular formula is C16H19B2F3N8O3. The molecule has 0 aliphatic rings. The Bertz CT molecular complexity index is 1210. The minimum atomic E-state index is -1.34. The highest BCUT2D eigenvalue weighted by molar-refractivity contribution is 6.40. The second kappa shape index (κ2) is 8.18. The molecule has 32 heavy (non-hydrogen) atoms. The summed E-state index contributed by atoms with van der Waals surface area (Å²) >= 11 is 0. The molecule has 0 saturated heterocycles. The lowest BCUT2D eigenvalue weighted by Gasteiger charge is -2.38. The largest absolute Gasteiger partial charge is 0.500 e. The molecule has 16 heteroatoms. The summed E-state index contributed by atoms with van der Waals surface area (Å²) in [6.07, 6.45) is 0.687. The molecule has 0 aliphatic carbocycles. The van der Waals surface area contributed by atoms with E-state index in [4.69, 9.17) is 4.74 Å². The maximum absolute atomic E-state index is 14.9.